The van der Waals surface area contributed by atoms with Gasteiger partial charge < -0.3 is 9.30 Å². The average molecular weight is 314 g/mol. The lowest BCUT2D eigenvalue weighted by molar-refractivity contribution is -0.260. The molecule has 0 spiro atoms. The molecule has 0 fully saturated rings. The van der Waals surface area contributed by atoms with Crippen LogP contribution in [0.4, 0.5) is 0 Å². The predicted octanol–water partition coefficient (Wildman–Crippen LogP) is 1.73. The van der Waals surface area contributed by atoms with Crippen molar-refractivity contribution in [1.29, 1.82) is 0 Å². The molecule has 0 aliphatic carbocycles. The number of hydroxylamine groups is 2. The van der Waals surface area contributed by atoms with Gasteiger partial charge in [-0.1, -0.05) is 5.23 Å². The lowest BCUT2D eigenvalue weighted by atomic mass is 10.2. The van der Waals surface area contributed by atoms with Crippen molar-refractivity contribution in [2.75, 3.05) is 6.61 Å². The monoisotopic (exact) mass is 314 g/mol. The summed E-state index contributed by atoms with van der Waals surface area (Å²) in [7, 11) is 0. The normalized spacial score (nSPS) is 10.7. The van der Waals surface area contributed by atoms with Crippen LogP contribution in [0.25, 0.3) is 10.9 Å². The molecular formula is C15H14N4O4. The van der Waals surface area contributed by atoms with Gasteiger partial charge in [-0.2, -0.15) is 0 Å². The number of hydrogen-bond donors (Lipinski definition) is 2. The van der Waals surface area contributed by atoms with Crippen LogP contribution in [-0.4, -0.2) is 42.7 Å². The molecule has 0 aliphatic heterocycles. The zero-order valence-corrected chi connectivity index (χ0v) is 12.0. The Kier molecular flexibility index (Phi) is 4.18. The molecule has 3 aromatic heterocycles. The van der Waals surface area contributed by atoms with Crippen LogP contribution in [-0.2, 0) is 6.54 Å². The van der Waals surface area contributed by atoms with E-state index in [1.807, 2.05) is 22.9 Å². The molecule has 0 saturated carbocycles. The lowest BCUT2D eigenvalue weighted by Crippen LogP contribution is -2.24. The molecule has 0 atom stereocenters. The summed E-state index contributed by atoms with van der Waals surface area (Å²) in [6, 6.07) is 6.97. The summed E-state index contributed by atoms with van der Waals surface area (Å²) in [5.74, 6) is -0.316. The van der Waals surface area contributed by atoms with E-state index in [4.69, 9.17) is 15.2 Å². The Balaban J connectivity index is 1.75. The molecule has 3 heterocycles. The molecule has 23 heavy (non-hydrogen) atoms. The van der Waals surface area contributed by atoms with Crippen LogP contribution in [0.3, 0.4) is 0 Å². The second kappa shape index (κ2) is 6.42. The third-order valence-corrected chi connectivity index (χ3v) is 3.29. The Morgan fingerprint density at radius 2 is 2.17 bits per heavy atom. The van der Waals surface area contributed by atoms with Gasteiger partial charge in [0.15, 0.2) is 0 Å². The fourth-order valence-electron chi connectivity index (χ4n) is 2.19. The van der Waals surface area contributed by atoms with E-state index in [0.717, 1.165) is 10.9 Å². The summed E-state index contributed by atoms with van der Waals surface area (Å²) in [6.07, 6.45) is 6.66. The molecule has 3 rings (SSSR count). The highest BCUT2D eigenvalue weighted by Gasteiger charge is 2.14. The highest BCUT2D eigenvalue weighted by atomic mass is 16.8. The Morgan fingerprint density at radius 3 is 2.91 bits per heavy atom. The molecule has 8 heteroatoms. The SMILES string of the molecule is O=C(c1cc2c(ccn2CCOc2cccnc2)cn1)N(O)O. The summed E-state index contributed by atoms with van der Waals surface area (Å²) >= 11 is 0. The molecule has 0 saturated heterocycles. The van der Waals surface area contributed by atoms with Gasteiger partial charge in [-0.15, -0.1) is 0 Å². The first-order chi connectivity index (χ1) is 11.1. The van der Waals surface area contributed by atoms with Crippen LogP contribution >= 0.6 is 0 Å². The van der Waals surface area contributed by atoms with Gasteiger partial charge in [0, 0.05) is 24.0 Å². The molecule has 3 aromatic rings. The van der Waals surface area contributed by atoms with Gasteiger partial charge in [0.05, 0.1) is 18.3 Å². The summed E-state index contributed by atoms with van der Waals surface area (Å²) in [5.41, 5.74) is 0.690. The van der Waals surface area contributed by atoms with E-state index in [1.54, 1.807) is 18.5 Å². The molecule has 0 aliphatic rings. The van der Waals surface area contributed by atoms with Crippen molar-refractivity contribution in [3.05, 3.63) is 54.7 Å². The van der Waals surface area contributed by atoms with Gasteiger partial charge in [0.2, 0.25) is 0 Å². The zero-order chi connectivity index (χ0) is 16.2. The fourth-order valence-corrected chi connectivity index (χ4v) is 2.19. The van der Waals surface area contributed by atoms with Gasteiger partial charge in [-0.05, 0) is 24.3 Å². The van der Waals surface area contributed by atoms with Gasteiger partial charge in [-0.3, -0.25) is 25.2 Å². The Morgan fingerprint density at radius 1 is 1.30 bits per heavy atom. The molecule has 0 radical (unpaired) electrons. The Bertz CT molecular complexity index is 817. The molecule has 8 nitrogen and oxygen atoms in total. The van der Waals surface area contributed by atoms with Gasteiger partial charge in [-0.25, -0.2) is 0 Å². The van der Waals surface area contributed by atoms with Crippen LogP contribution in [0.5, 0.6) is 5.75 Å². The van der Waals surface area contributed by atoms with Crippen molar-refractivity contribution < 1.29 is 19.9 Å². The third-order valence-electron chi connectivity index (χ3n) is 3.29. The Hall–Kier alpha value is -2.97. The number of hydrogen-bond acceptors (Lipinski definition) is 6. The number of rotatable bonds is 5. The molecule has 0 aromatic carbocycles. The molecule has 0 unspecified atom stereocenters. The van der Waals surface area contributed by atoms with Crippen molar-refractivity contribution in [2.24, 2.45) is 0 Å². The number of pyridine rings is 2. The van der Waals surface area contributed by atoms with Crippen molar-refractivity contribution in [3.8, 4) is 5.75 Å². The maximum Gasteiger partial charge on any atom is 0.321 e. The van der Waals surface area contributed by atoms with Crippen molar-refractivity contribution in [2.45, 2.75) is 6.54 Å². The van der Waals surface area contributed by atoms with E-state index in [0.29, 0.717) is 18.9 Å². The maximum atomic E-state index is 11.5. The first kappa shape index (κ1) is 14.9. The summed E-state index contributed by atoms with van der Waals surface area (Å²) in [4.78, 5) is 19.4. The van der Waals surface area contributed by atoms with E-state index in [1.165, 1.54) is 12.3 Å². The van der Waals surface area contributed by atoms with Gasteiger partial charge in [0.1, 0.15) is 18.1 Å². The van der Waals surface area contributed by atoms with Crippen molar-refractivity contribution >= 4 is 16.8 Å². The highest BCUT2D eigenvalue weighted by Crippen LogP contribution is 2.17. The number of aromatic nitrogens is 3. The van der Waals surface area contributed by atoms with E-state index in [-0.39, 0.29) is 5.69 Å². The fraction of sp³-hybridized carbons (Fsp3) is 0.133. The number of carbonyl (C=O) groups excluding carboxylic acids is 1. The van der Waals surface area contributed by atoms with E-state index in [9.17, 15) is 4.79 Å². The highest BCUT2D eigenvalue weighted by molar-refractivity contribution is 5.94. The van der Waals surface area contributed by atoms with Crippen molar-refractivity contribution in [3.63, 3.8) is 0 Å². The Labute approximate surface area is 131 Å². The number of fused-ring (bicyclic) bond motifs is 1. The van der Waals surface area contributed by atoms with Crippen LogP contribution < -0.4 is 4.74 Å². The molecule has 118 valence electrons. The van der Waals surface area contributed by atoms with E-state index in [2.05, 4.69) is 9.97 Å². The summed E-state index contributed by atoms with van der Waals surface area (Å²) in [5, 5.41) is 18.0. The minimum atomic E-state index is -0.994. The topological polar surface area (TPSA) is 101 Å². The number of amides is 1. The standard InChI is InChI=1S/C15H14N4O4/c20-15(19(21)22)13-8-14-11(9-17-13)3-5-18(14)6-7-23-12-2-1-4-16-10-12/h1-5,8-10,21-22H,6-7H2. The van der Waals surface area contributed by atoms with Crippen LogP contribution in [0.15, 0.2) is 49.1 Å². The molecule has 2 N–H and O–H groups in total. The second-order valence-corrected chi connectivity index (χ2v) is 4.77. The largest absolute Gasteiger partial charge is 0.490 e. The summed E-state index contributed by atoms with van der Waals surface area (Å²) < 4.78 is 7.48. The smallest absolute Gasteiger partial charge is 0.321 e. The van der Waals surface area contributed by atoms with E-state index < -0.39 is 11.1 Å². The third kappa shape index (κ3) is 3.28. The average Bonchev–Trinajstić information content (AvgIpc) is 2.97. The minimum Gasteiger partial charge on any atom is -0.490 e. The molecule has 1 amide bonds. The van der Waals surface area contributed by atoms with Gasteiger partial charge in [0.25, 0.3) is 0 Å². The van der Waals surface area contributed by atoms with Crippen LogP contribution in [0, 0.1) is 0 Å². The van der Waals surface area contributed by atoms with Gasteiger partial charge >= 0.3 is 5.91 Å². The quantitative estimate of drug-likeness (QED) is 0.549. The van der Waals surface area contributed by atoms with E-state index >= 15 is 0 Å². The maximum absolute atomic E-state index is 11.5. The minimum absolute atomic E-state index is 0.0596. The lowest BCUT2D eigenvalue weighted by Gasteiger charge is -2.09. The van der Waals surface area contributed by atoms with Crippen LogP contribution in [0.1, 0.15) is 10.5 Å². The predicted molar refractivity (Wildman–Crippen MR) is 79.2 cm³/mol. The number of nitrogens with zero attached hydrogens (tertiary/aromatic N) is 4. The zero-order valence-electron chi connectivity index (χ0n) is 12.0. The number of carbonyl (C=O) groups is 1. The van der Waals surface area contributed by atoms with Crippen molar-refractivity contribution in [1.82, 2.24) is 19.8 Å². The second-order valence-electron chi connectivity index (χ2n) is 4.77. The molecule has 0 bridgehead atoms. The van der Waals surface area contributed by atoms with Crippen LogP contribution in [0.2, 0.25) is 0 Å². The first-order valence-electron chi connectivity index (χ1n) is 6.85. The summed E-state index contributed by atoms with van der Waals surface area (Å²) in [6.45, 7) is 0.977. The first-order valence-corrected chi connectivity index (χ1v) is 6.85. The molecular weight excluding hydrogens is 300 g/mol. The number of ether oxygens (including phenoxy) is 1.